The third-order valence-corrected chi connectivity index (χ3v) is 3.78. The molecule has 6 heteroatoms. The summed E-state index contributed by atoms with van der Waals surface area (Å²) in [6.45, 7) is 0. The number of aromatic nitrogens is 2. The number of fused-ring (bicyclic) bond motifs is 1. The highest BCUT2D eigenvalue weighted by Crippen LogP contribution is 2.27. The molecule has 0 spiro atoms. The molecule has 0 unspecified atom stereocenters. The van der Waals surface area contributed by atoms with Gasteiger partial charge in [0, 0.05) is 11.4 Å². The third kappa shape index (κ3) is 3.44. The van der Waals surface area contributed by atoms with Crippen LogP contribution in [0.25, 0.3) is 11.0 Å². The van der Waals surface area contributed by atoms with E-state index in [2.05, 4.69) is 20.6 Å². The van der Waals surface area contributed by atoms with Gasteiger partial charge < -0.3 is 10.6 Å². The molecule has 0 fully saturated rings. The molecule has 4 aromatic rings. The van der Waals surface area contributed by atoms with E-state index < -0.39 is 0 Å². The minimum atomic E-state index is -0.315. The fourth-order valence-corrected chi connectivity index (χ4v) is 2.51. The molecule has 0 amide bonds. The summed E-state index contributed by atoms with van der Waals surface area (Å²) in [4.78, 5) is 9.21. The first-order valence-corrected chi connectivity index (χ1v) is 7.99. The zero-order valence-corrected chi connectivity index (χ0v) is 13.6. The lowest BCUT2D eigenvalue weighted by Gasteiger charge is -2.13. The van der Waals surface area contributed by atoms with Gasteiger partial charge in [0.2, 0.25) is 0 Å². The highest BCUT2D eigenvalue weighted by Gasteiger charge is 2.10. The summed E-state index contributed by atoms with van der Waals surface area (Å²) in [7, 11) is 0. The Labute approximate surface area is 148 Å². The molecule has 1 heterocycles. The highest BCUT2D eigenvalue weighted by atomic mass is 19.1. The van der Waals surface area contributed by atoms with Gasteiger partial charge in [0.05, 0.1) is 11.0 Å². The van der Waals surface area contributed by atoms with E-state index in [4.69, 9.17) is 0 Å². The van der Waals surface area contributed by atoms with Crippen LogP contribution in [0.3, 0.4) is 0 Å². The number of hydrogen-bond acceptors (Lipinski definition) is 4. The lowest BCUT2D eigenvalue weighted by atomic mass is 10.2. The molecule has 1 aromatic heterocycles. The molecule has 0 saturated carbocycles. The van der Waals surface area contributed by atoms with Crippen LogP contribution in [-0.2, 0) is 0 Å². The molecule has 0 aliphatic carbocycles. The molecule has 0 saturated heterocycles. The van der Waals surface area contributed by atoms with Gasteiger partial charge in [-0.3, -0.25) is 0 Å². The predicted octanol–water partition coefficient (Wildman–Crippen LogP) is 5.40. The molecule has 4 rings (SSSR count). The van der Waals surface area contributed by atoms with Gasteiger partial charge in [0.25, 0.3) is 0 Å². The summed E-state index contributed by atoms with van der Waals surface area (Å²) in [5.74, 6) is 0.342. The van der Waals surface area contributed by atoms with Crippen LogP contribution in [0.1, 0.15) is 0 Å². The van der Waals surface area contributed by atoms with E-state index in [-0.39, 0.29) is 11.6 Å². The quantitative estimate of drug-likeness (QED) is 0.519. The molecule has 0 aliphatic rings. The first-order valence-electron chi connectivity index (χ1n) is 7.99. The van der Waals surface area contributed by atoms with E-state index in [9.17, 15) is 8.78 Å². The van der Waals surface area contributed by atoms with E-state index in [0.29, 0.717) is 23.0 Å². The van der Waals surface area contributed by atoms with Gasteiger partial charge in [0.15, 0.2) is 11.6 Å². The van der Waals surface area contributed by atoms with Crippen LogP contribution >= 0.6 is 0 Å². The van der Waals surface area contributed by atoms with E-state index in [1.54, 1.807) is 24.3 Å². The van der Waals surface area contributed by atoms with E-state index >= 15 is 0 Å². The Morgan fingerprint density at radius 1 is 0.538 bits per heavy atom. The Hall–Kier alpha value is -3.54. The predicted molar refractivity (Wildman–Crippen MR) is 98.9 cm³/mol. The minimum absolute atomic E-state index is 0.315. The first-order chi connectivity index (χ1) is 12.7. The van der Waals surface area contributed by atoms with Crippen molar-refractivity contribution in [3.63, 3.8) is 0 Å². The standard InChI is InChI=1S/C20H14F2N4/c21-13-5-9-15(10-6-13)23-19-20(24-16-11-7-14(22)8-12-16)26-18-4-2-1-3-17(18)25-19/h1-12H,(H,23,25)(H,24,26). The van der Waals surface area contributed by atoms with Gasteiger partial charge in [-0.2, -0.15) is 0 Å². The fraction of sp³-hybridized carbons (Fsp3) is 0. The van der Waals surface area contributed by atoms with Gasteiger partial charge in [0.1, 0.15) is 11.6 Å². The molecule has 128 valence electrons. The van der Waals surface area contributed by atoms with Gasteiger partial charge in [-0.05, 0) is 60.7 Å². The lowest BCUT2D eigenvalue weighted by molar-refractivity contribution is 0.627. The lowest BCUT2D eigenvalue weighted by Crippen LogP contribution is -2.03. The van der Waals surface area contributed by atoms with Crippen LogP contribution in [0.4, 0.5) is 31.8 Å². The van der Waals surface area contributed by atoms with Crippen LogP contribution in [0.15, 0.2) is 72.8 Å². The monoisotopic (exact) mass is 348 g/mol. The zero-order valence-electron chi connectivity index (χ0n) is 13.6. The van der Waals surface area contributed by atoms with E-state index in [1.165, 1.54) is 24.3 Å². The Bertz CT molecular complexity index is 962. The smallest absolute Gasteiger partial charge is 0.174 e. The van der Waals surface area contributed by atoms with Gasteiger partial charge in [-0.1, -0.05) is 12.1 Å². The molecular weight excluding hydrogens is 334 g/mol. The van der Waals surface area contributed by atoms with Crippen LogP contribution in [0.2, 0.25) is 0 Å². The number of benzene rings is 3. The molecule has 0 radical (unpaired) electrons. The number of para-hydroxylation sites is 2. The van der Waals surface area contributed by atoms with Crippen LogP contribution in [-0.4, -0.2) is 9.97 Å². The SMILES string of the molecule is Fc1ccc(Nc2nc3ccccc3nc2Nc2ccc(F)cc2)cc1. The van der Waals surface area contributed by atoms with Crippen molar-refractivity contribution in [2.45, 2.75) is 0 Å². The Morgan fingerprint density at radius 3 is 1.31 bits per heavy atom. The van der Waals surface area contributed by atoms with Crippen molar-refractivity contribution in [1.82, 2.24) is 9.97 Å². The van der Waals surface area contributed by atoms with E-state index in [1.807, 2.05) is 24.3 Å². The summed E-state index contributed by atoms with van der Waals surface area (Å²) < 4.78 is 26.3. The second-order valence-electron chi connectivity index (χ2n) is 5.67. The van der Waals surface area contributed by atoms with Gasteiger partial charge >= 0.3 is 0 Å². The number of nitrogens with zero attached hydrogens (tertiary/aromatic N) is 2. The van der Waals surface area contributed by atoms with Crippen molar-refractivity contribution in [1.29, 1.82) is 0 Å². The number of halogens is 2. The van der Waals surface area contributed by atoms with Crippen LogP contribution in [0.5, 0.6) is 0 Å². The van der Waals surface area contributed by atoms with Gasteiger partial charge in [-0.15, -0.1) is 0 Å². The molecule has 3 aromatic carbocycles. The highest BCUT2D eigenvalue weighted by molar-refractivity contribution is 5.83. The third-order valence-electron chi connectivity index (χ3n) is 3.78. The molecule has 0 bridgehead atoms. The van der Waals surface area contributed by atoms with Crippen molar-refractivity contribution >= 4 is 34.0 Å². The maximum atomic E-state index is 13.1. The van der Waals surface area contributed by atoms with Crippen LogP contribution < -0.4 is 10.6 Å². The average molecular weight is 348 g/mol. The van der Waals surface area contributed by atoms with Crippen molar-refractivity contribution in [2.24, 2.45) is 0 Å². The minimum Gasteiger partial charge on any atom is -0.337 e. The van der Waals surface area contributed by atoms with E-state index in [0.717, 1.165) is 11.0 Å². The van der Waals surface area contributed by atoms with Crippen molar-refractivity contribution in [3.05, 3.63) is 84.4 Å². The summed E-state index contributed by atoms with van der Waals surface area (Å²) in [5, 5.41) is 6.29. The largest absolute Gasteiger partial charge is 0.337 e. The number of rotatable bonds is 4. The normalized spacial score (nSPS) is 10.7. The summed E-state index contributed by atoms with van der Waals surface area (Å²) in [6.07, 6.45) is 0. The Balaban J connectivity index is 1.75. The van der Waals surface area contributed by atoms with Crippen molar-refractivity contribution < 1.29 is 8.78 Å². The van der Waals surface area contributed by atoms with Crippen molar-refractivity contribution in [2.75, 3.05) is 10.6 Å². The second-order valence-corrected chi connectivity index (χ2v) is 5.67. The fourth-order valence-electron chi connectivity index (χ4n) is 2.51. The molecule has 26 heavy (non-hydrogen) atoms. The second kappa shape index (κ2) is 6.76. The molecule has 0 aliphatic heterocycles. The Kier molecular flexibility index (Phi) is 4.15. The number of anilines is 4. The summed E-state index contributed by atoms with van der Waals surface area (Å²) >= 11 is 0. The Morgan fingerprint density at radius 2 is 0.923 bits per heavy atom. The molecule has 2 N–H and O–H groups in total. The average Bonchev–Trinajstić information content (AvgIpc) is 2.66. The van der Waals surface area contributed by atoms with Crippen molar-refractivity contribution in [3.8, 4) is 0 Å². The zero-order chi connectivity index (χ0) is 17.9. The summed E-state index contributed by atoms with van der Waals surface area (Å²) in [6, 6.07) is 19.4. The number of nitrogens with one attached hydrogen (secondary N) is 2. The number of hydrogen-bond donors (Lipinski definition) is 2. The topological polar surface area (TPSA) is 49.8 Å². The molecular formula is C20H14F2N4. The van der Waals surface area contributed by atoms with Crippen LogP contribution in [0, 0.1) is 11.6 Å². The molecule has 4 nitrogen and oxygen atoms in total. The maximum absolute atomic E-state index is 13.1. The maximum Gasteiger partial charge on any atom is 0.174 e. The first kappa shape index (κ1) is 16.0. The molecule has 0 atom stereocenters. The van der Waals surface area contributed by atoms with Gasteiger partial charge in [-0.25, -0.2) is 18.7 Å². The summed E-state index contributed by atoms with van der Waals surface area (Å²) in [5.41, 5.74) is 2.81.